The number of nitrogens with zero attached hydrogens (tertiary/aromatic N) is 1. The predicted octanol–water partition coefficient (Wildman–Crippen LogP) is 7.12. The highest BCUT2D eigenvalue weighted by molar-refractivity contribution is 6.32. The molecule has 3 aliphatic rings. The predicted molar refractivity (Wildman–Crippen MR) is 179 cm³/mol. The minimum Gasteiger partial charge on any atom is -0.466 e. The van der Waals surface area contributed by atoms with Gasteiger partial charge in [-0.2, -0.15) is 0 Å². The van der Waals surface area contributed by atoms with Gasteiger partial charge in [0.05, 0.1) is 18.8 Å². The summed E-state index contributed by atoms with van der Waals surface area (Å²) < 4.78 is 5.66. The van der Waals surface area contributed by atoms with Crippen LogP contribution in [0.3, 0.4) is 0 Å². The molecule has 1 saturated carbocycles. The summed E-state index contributed by atoms with van der Waals surface area (Å²) in [5.74, 6) is 0.559. The number of H-pyrrole nitrogens is 1. The van der Waals surface area contributed by atoms with E-state index in [2.05, 4.69) is 42.1 Å². The molecule has 8 heteroatoms. The molecule has 45 heavy (non-hydrogen) atoms. The van der Waals surface area contributed by atoms with Crippen LogP contribution in [0.1, 0.15) is 107 Å². The summed E-state index contributed by atoms with van der Waals surface area (Å²) in [6.45, 7) is 3.61. The average molecular weight is 641 g/mol. The highest BCUT2D eigenvalue weighted by Gasteiger charge is 2.41. The first kappa shape index (κ1) is 34.2. The highest BCUT2D eigenvalue weighted by atomic mass is 35.5. The third-order valence-electron chi connectivity index (χ3n) is 10.7. The van der Waals surface area contributed by atoms with Gasteiger partial charge in [-0.05, 0) is 68.7 Å². The number of ketones is 1. The zero-order valence-corrected chi connectivity index (χ0v) is 27.9. The van der Waals surface area contributed by atoms with Gasteiger partial charge in [0, 0.05) is 54.1 Å². The number of rotatable bonds is 16. The van der Waals surface area contributed by atoms with Crippen molar-refractivity contribution >= 4 is 34.3 Å². The summed E-state index contributed by atoms with van der Waals surface area (Å²) in [5, 5.41) is 22.7. The lowest BCUT2D eigenvalue weighted by atomic mass is 9.72. The number of carbonyl (C=O) groups is 2. The van der Waals surface area contributed by atoms with E-state index in [4.69, 9.17) is 16.3 Å². The quantitative estimate of drug-likeness (QED) is 0.103. The van der Waals surface area contributed by atoms with Gasteiger partial charge < -0.3 is 24.8 Å². The number of aromatic nitrogens is 1. The van der Waals surface area contributed by atoms with Gasteiger partial charge in [0.15, 0.2) is 0 Å². The Balaban J connectivity index is 0.977. The zero-order valence-electron chi connectivity index (χ0n) is 27.2. The van der Waals surface area contributed by atoms with Gasteiger partial charge in [-0.3, -0.25) is 9.59 Å². The first-order chi connectivity index (χ1) is 21.8. The minimum absolute atomic E-state index is 0.122. The molecule has 0 bridgehead atoms. The fourth-order valence-corrected chi connectivity index (χ4v) is 8.53. The van der Waals surface area contributed by atoms with E-state index in [9.17, 15) is 19.8 Å². The van der Waals surface area contributed by atoms with Crippen LogP contribution in [0, 0.1) is 17.8 Å². The molecular formula is C37H53ClN2O5. The number of aromatic amines is 1. The number of halogens is 1. The first-order valence-corrected chi connectivity index (χ1v) is 17.9. The van der Waals surface area contributed by atoms with Crippen molar-refractivity contribution in [2.45, 2.75) is 121 Å². The third kappa shape index (κ3) is 8.40. The fraction of sp³-hybridized carbons (Fsp3) is 0.676. The monoisotopic (exact) mass is 640 g/mol. The Bertz CT molecular complexity index is 1320. The maximum atomic E-state index is 12.5. The van der Waals surface area contributed by atoms with E-state index < -0.39 is 12.2 Å². The van der Waals surface area contributed by atoms with Gasteiger partial charge in [0.2, 0.25) is 0 Å². The highest BCUT2D eigenvalue weighted by Crippen LogP contribution is 2.46. The van der Waals surface area contributed by atoms with E-state index in [1.807, 2.05) is 6.08 Å². The molecule has 1 aliphatic heterocycles. The van der Waals surface area contributed by atoms with Crippen LogP contribution in [0.2, 0.25) is 5.15 Å². The fourth-order valence-electron chi connectivity index (χ4n) is 8.25. The Morgan fingerprint density at radius 2 is 1.98 bits per heavy atom. The lowest BCUT2D eigenvalue weighted by Gasteiger charge is -2.45. The largest absolute Gasteiger partial charge is 0.466 e. The molecule has 1 saturated heterocycles. The topological polar surface area (TPSA) is 103 Å². The van der Waals surface area contributed by atoms with Gasteiger partial charge >= 0.3 is 5.97 Å². The van der Waals surface area contributed by atoms with Gasteiger partial charge in [-0.15, -0.1) is 0 Å². The summed E-state index contributed by atoms with van der Waals surface area (Å²) >= 11 is 6.56. The van der Waals surface area contributed by atoms with Crippen molar-refractivity contribution < 1.29 is 24.5 Å². The van der Waals surface area contributed by atoms with E-state index in [-0.39, 0.29) is 30.0 Å². The number of likely N-dealkylation sites (N-methyl/N-ethyl adjacent to an activating group) is 1. The van der Waals surface area contributed by atoms with E-state index in [1.54, 1.807) is 6.08 Å². The Labute approximate surface area is 273 Å². The summed E-state index contributed by atoms with van der Waals surface area (Å²) in [5.41, 5.74) is 3.77. The number of benzene rings is 1. The van der Waals surface area contributed by atoms with Gasteiger partial charge in [-0.25, -0.2) is 0 Å². The average Bonchev–Trinajstić information content (AvgIpc) is 3.48. The SMILES string of the molecule is CCCCC[C@H](O)C=C[C@H]1[C@H](O)CC(=O)[C@@H]1CCCCCCC(=O)OCC[C@@H]1CC2c3cccc4[nH]c(Cl)c(c34)C[C@H]2N(C)C1. The molecule has 3 N–H and O–H groups in total. The maximum absolute atomic E-state index is 12.5. The number of carbonyl (C=O) groups excluding carboxylic acids is 2. The van der Waals surface area contributed by atoms with Gasteiger partial charge in [0.25, 0.3) is 0 Å². The molecular weight excluding hydrogens is 588 g/mol. The van der Waals surface area contributed by atoms with Crippen molar-refractivity contribution in [3.05, 3.63) is 46.6 Å². The number of aliphatic hydroxyl groups is 2. The number of likely N-dealkylation sites (tertiary alicyclic amines) is 1. The van der Waals surface area contributed by atoms with Gasteiger partial charge in [-0.1, -0.05) is 81.3 Å². The van der Waals surface area contributed by atoms with Crippen molar-refractivity contribution in [1.29, 1.82) is 0 Å². The van der Waals surface area contributed by atoms with Crippen LogP contribution in [-0.2, 0) is 20.7 Å². The number of hydrogen-bond acceptors (Lipinski definition) is 6. The number of piperidine rings is 1. The molecule has 2 aliphatic carbocycles. The lowest BCUT2D eigenvalue weighted by molar-refractivity contribution is -0.144. The van der Waals surface area contributed by atoms with E-state index in [1.165, 1.54) is 16.5 Å². The molecule has 2 aromatic rings. The van der Waals surface area contributed by atoms with Crippen LogP contribution in [0.15, 0.2) is 30.4 Å². The number of ether oxygens (including phenoxy) is 1. The Morgan fingerprint density at radius 3 is 2.80 bits per heavy atom. The van der Waals surface area contributed by atoms with Crippen LogP contribution in [0.4, 0.5) is 0 Å². The molecule has 248 valence electrons. The van der Waals surface area contributed by atoms with Gasteiger partial charge in [0.1, 0.15) is 10.9 Å². The summed E-state index contributed by atoms with van der Waals surface area (Å²) in [6.07, 6.45) is 14.2. The molecule has 1 aromatic heterocycles. The van der Waals surface area contributed by atoms with Crippen LogP contribution in [-0.4, -0.2) is 70.3 Å². The Hall–Kier alpha value is -2.19. The zero-order chi connectivity index (χ0) is 31.9. The van der Waals surface area contributed by atoms with E-state index >= 15 is 0 Å². The third-order valence-corrected chi connectivity index (χ3v) is 11.0. The van der Waals surface area contributed by atoms with Crippen LogP contribution >= 0.6 is 11.6 Å². The van der Waals surface area contributed by atoms with Crippen molar-refractivity contribution in [1.82, 2.24) is 9.88 Å². The molecule has 0 amide bonds. The van der Waals surface area contributed by atoms with Crippen molar-refractivity contribution in [3.63, 3.8) is 0 Å². The van der Waals surface area contributed by atoms with Crippen molar-refractivity contribution in [2.75, 3.05) is 20.2 Å². The molecule has 0 radical (unpaired) electrons. The van der Waals surface area contributed by atoms with Crippen LogP contribution < -0.4 is 0 Å². The summed E-state index contributed by atoms with van der Waals surface area (Å²) in [6, 6.07) is 6.94. The number of esters is 1. The summed E-state index contributed by atoms with van der Waals surface area (Å²) in [7, 11) is 2.21. The number of Topliss-reactive ketones (excluding diaryl/α,β-unsaturated/α-hetero) is 1. The lowest BCUT2D eigenvalue weighted by Crippen LogP contribution is -2.48. The smallest absolute Gasteiger partial charge is 0.305 e. The molecule has 7 nitrogen and oxygen atoms in total. The molecule has 5 rings (SSSR count). The number of unbranched alkanes of at least 4 members (excludes halogenated alkanes) is 5. The number of nitrogens with one attached hydrogen (secondary N) is 1. The van der Waals surface area contributed by atoms with Crippen molar-refractivity contribution in [3.8, 4) is 0 Å². The molecule has 0 spiro atoms. The number of hydrogen-bond donors (Lipinski definition) is 3. The maximum Gasteiger partial charge on any atom is 0.305 e. The number of aliphatic hydroxyl groups excluding tert-OH is 2. The molecule has 1 aromatic carbocycles. The molecule has 7 atom stereocenters. The normalized spacial score (nSPS) is 27.4. The summed E-state index contributed by atoms with van der Waals surface area (Å²) in [4.78, 5) is 30.8. The molecule has 1 unspecified atom stereocenters. The Morgan fingerprint density at radius 1 is 1.16 bits per heavy atom. The van der Waals surface area contributed by atoms with E-state index in [0.29, 0.717) is 30.9 Å². The first-order valence-electron chi connectivity index (χ1n) is 17.5. The van der Waals surface area contributed by atoms with Crippen molar-refractivity contribution in [2.24, 2.45) is 17.8 Å². The van der Waals surface area contributed by atoms with Crippen LogP contribution in [0.5, 0.6) is 0 Å². The van der Waals surface area contributed by atoms with Crippen LogP contribution in [0.25, 0.3) is 10.9 Å². The minimum atomic E-state index is -0.657. The molecule has 2 heterocycles. The second kappa shape index (κ2) is 16.1. The number of fused-ring (bicyclic) bond motifs is 2. The molecule has 2 fully saturated rings. The standard InChI is InChI=1S/C37H53ClN2O5/c1-3-4-7-11-25(41)16-17-27-26(33(42)22-34(27)43)12-8-5-6-9-15-35(44)45-19-18-24-20-29-28-13-10-14-31-36(28)30(37(38)39-31)21-32(29)40(2)23-24/h10,13-14,16-17,24-27,29,32,34,39,41,43H,3-9,11-12,15,18-23H2,1-2H3/t24-,25+,26-,27-,29?,32-,34-/m1/s1. The van der Waals surface area contributed by atoms with E-state index in [0.717, 1.165) is 94.3 Å². The second-order valence-electron chi connectivity index (χ2n) is 13.9. The Kier molecular flexibility index (Phi) is 12.2. The second-order valence-corrected chi connectivity index (χ2v) is 14.3.